The lowest BCUT2D eigenvalue weighted by Gasteiger charge is -2.06. The predicted molar refractivity (Wildman–Crippen MR) is 59.7 cm³/mol. The number of H-pyrrole nitrogens is 1. The van der Waals surface area contributed by atoms with Gasteiger partial charge in [-0.3, -0.25) is 0 Å². The smallest absolute Gasteiger partial charge is 0.305 e. The second-order valence-corrected chi connectivity index (χ2v) is 3.76. The third-order valence-corrected chi connectivity index (χ3v) is 2.33. The van der Waals surface area contributed by atoms with Gasteiger partial charge in [0.2, 0.25) is 0 Å². The van der Waals surface area contributed by atoms with Crippen LogP contribution >= 0.6 is 0 Å². The van der Waals surface area contributed by atoms with E-state index in [1.165, 1.54) is 18.3 Å². The Bertz CT molecular complexity index is 570. The molecule has 0 amide bonds. The van der Waals surface area contributed by atoms with Crippen LogP contribution in [0.2, 0.25) is 0 Å². The van der Waals surface area contributed by atoms with E-state index in [-0.39, 0.29) is 5.82 Å². The summed E-state index contributed by atoms with van der Waals surface area (Å²) < 4.78 is 13.2. The van der Waals surface area contributed by atoms with Crippen molar-refractivity contribution in [3.8, 4) is 11.3 Å². The molecular formula is C12H11FN2O. The van der Waals surface area contributed by atoms with Crippen LogP contribution in [0, 0.1) is 19.7 Å². The van der Waals surface area contributed by atoms with Gasteiger partial charge in [-0.15, -0.1) is 0 Å². The Balaban J connectivity index is 2.66. The van der Waals surface area contributed by atoms with Gasteiger partial charge in [0.25, 0.3) is 0 Å². The Morgan fingerprint density at radius 3 is 2.69 bits per heavy atom. The molecule has 0 atom stereocenters. The van der Waals surface area contributed by atoms with Gasteiger partial charge >= 0.3 is 5.69 Å². The van der Waals surface area contributed by atoms with E-state index in [1.54, 1.807) is 6.92 Å². The number of nitrogens with one attached hydrogen (secondary N) is 1. The average Bonchev–Trinajstić information content (AvgIpc) is 2.20. The molecule has 0 bridgehead atoms. The monoisotopic (exact) mass is 218 g/mol. The zero-order valence-corrected chi connectivity index (χ0v) is 9.04. The number of aryl methyl sites for hydroxylation is 2. The van der Waals surface area contributed by atoms with Gasteiger partial charge in [-0.1, -0.05) is 0 Å². The van der Waals surface area contributed by atoms with Crippen LogP contribution in [0.5, 0.6) is 0 Å². The van der Waals surface area contributed by atoms with Crippen molar-refractivity contribution in [1.82, 2.24) is 9.97 Å². The first-order chi connectivity index (χ1) is 7.56. The van der Waals surface area contributed by atoms with E-state index in [0.29, 0.717) is 11.3 Å². The van der Waals surface area contributed by atoms with Gasteiger partial charge in [0, 0.05) is 11.8 Å². The highest BCUT2D eigenvalue weighted by Crippen LogP contribution is 2.21. The molecule has 0 radical (unpaired) electrons. The Hall–Kier alpha value is -1.97. The summed E-state index contributed by atoms with van der Waals surface area (Å²) in [6, 6.07) is 4.66. The number of aromatic nitrogens is 2. The van der Waals surface area contributed by atoms with E-state index in [4.69, 9.17) is 0 Å². The van der Waals surface area contributed by atoms with Crippen molar-refractivity contribution in [2.24, 2.45) is 0 Å². The second kappa shape index (κ2) is 3.89. The van der Waals surface area contributed by atoms with E-state index in [2.05, 4.69) is 9.97 Å². The third-order valence-electron chi connectivity index (χ3n) is 2.33. The van der Waals surface area contributed by atoms with Gasteiger partial charge in [0.05, 0.1) is 5.69 Å². The van der Waals surface area contributed by atoms with Crippen LogP contribution < -0.4 is 5.69 Å². The van der Waals surface area contributed by atoms with Crippen molar-refractivity contribution < 1.29 is 4.39 Å². The lowest BCUT2D eigenvalue weighted by atomic mass is 10.1. The van der Waals surface area contributed by atoms with Crippen LogP contribution in [-0.2, 0) is 0 Å². The minimum atomic E-state index is -0.428. The van der Waals surface area contributed by atoms with Gasteiger partial charge < -0.3 is 4.98 Å². The summed E-state index contributed by atoms with van der Waals surface area (Å²) in [5.74, 6) is -0.313. The lowest BCUT2D eigenvalue weighted by Crippen LogP contribution is -2.11. The van der Waals surface area contributed by atoms with Crippen molar-refractivity contribution in [1.29, 1.82) is 0 Å². The summed E-state index contributed by atoms with van der Waals surface area (Å²) in [5, 5.41) is 0. The van der Waals surface area contributed by atoms with Crippen molar-refractivity contribution in [3.05, 3.63) is 51.8 Å². The summed E-state index contributed by atoms with van der Waals surface area (Å²) in [5.41, 5.74) is 2.47. The molecule has 1 N–H and O–H groups in total. The largest absolute Gasteiger partial charge is 0.345 e. The molecule has 0 saturated carbocycles. The predicted octanol–water partition coefficient (Wildman–Crippen LogP) is 2.19. The van der Waals surface area contributed by atoms with Crippen LogP contribution in [0.3, 0.4) is 0 Å². The van der Waals surface area contributed by atoms with Gasteiger partial charge in [-0.05, 0) is 43.2 Å². The summed E-state index contributed by atoms with van der Waals surface area (Å²) >= 11 is 0. The number of halogens is 1. The number of hydrogen-bond acceptors (Lipinski definition) is 2. The molecule has 4 heteroatoms. The molecule has 0 aliphatic carbocycles. The maximum atomic E-state index is 13.2. The fraction of sp³-hybridized carbons (Fsp3) is 0.167. The third kappa shape index (κ3) is 2.00. The molecule has 82 valence electrons. The first-order valence-electron chi connectivity index (χ1n) is 4.90. The number of hydrogen-bond donors (Lipinski definition) is 1. The fourth-order valence-corrected chi connectivity index (χ4v) is 1.64. The van der Waals surface area contributed by atoms with Crippen molar-refractivity contribution in [2.75, 3.05) is 0 Å². The highest BCUT2D eigenvalue weighted by Gasteiger charge is 2.05. The molecule has 0 unspecified atom stereocenters. The van der Waals surface area contributed by atoms with E-state index < -0.39 is 5.69 Å². The van der Waals surface area contributed by atoms with E-state index >= 15 is 0 Å². The molecule has 3 nitrogen and oxygen atoms in total. The van der Waals surface area contributed by atoms with Gasteiger partial charge in [-0.25, -0.2) is 14.2 Å². The normalized spacial score (nSPS) is 10.4. The van der Waals surface area contributed by atoms with Crippen LogP contribution in [0.4, 0.5) is 4.39 Å². The minimum absolute atomic E-state index is 0.313. The Kier molecular flexibility index (Phi) is 2.56. The topological polar surface area (TPSA) is 45.8 Å². The molecule has 1 aromatic heterocycles. The molecule has 16 heavy (non-hydrogen) atoms. The zero-order valence-electron chi connectivity index (χ0n) is 9.04. The van der Waals surface area contributed by atoms with Crippen molar-refractivity contribution in [3.63, 3.8) is 0 Å². The van der Waals surface area contributed by atoms with E-state index in [0.717, 1.165) is 11.1 Å². The Labute approximate surface area is 92.0 Å². The molecule has 0 fully saturated rings. The molecule has 0 aliphatic heterocycles. The first kappa shape index (κ1) is 10.5. The SMILES string of the molecule is Cc1cc(F)cc(-c2[nH]c(=O)ncc2C)c1. The molecule has 1 aromatic carbocycles. The van der Waals surface area contributed by atoms with Gasteiger partial charge in [0.15, 0.2) is 0 Å². The van der Waals surface area contributed by atoms with Crippen molar-refractivity contribution in [2.45, 2.75) is 13.8 Å². The summed E-state index contributed by atoms with van der Waals surface area (Å²) in [7, 11) is 0. The second-order valence-electron chi connectivity index (χ2n) is 3.76. The van der Waals surface area contributed by atoms with Crippen LogP contribution in [-0.4, -0.2) is 9.97 Å². The lowest BCUT2D eigenvalue weighted by molar-refractivity contribution is 0.627. The standard InChI is InChI=1S/C12H11FN2O/c1-7-3-9(5-10(13)4-7)11-8(2)6-14-12(16)15-11/h3-6H,1-2H3,(H,14,15,16). The summed E-state index contributed by atoms with van der Waals surface area (Å²) in [6.45, 7) is 3.62. The number of aromatic amines is 1. The number of rotatable bonds is 1. The summed E-state index contributed by atoms with van der Waals surface area (Å²) in [6.07, 6.45) is 1.48. The van der Waals surface area contributed by atoms with Crippen molar-refractivity contribution >= 4 is 0 Å². The van der Waals surface area contributed by atoms with Crippen LogP contribution in [0.15, 0.2) is 29.2 Å². The van der Waals surface area contributed by atoms with E-state index in [1.807, 2.05) is 13.0 Å². The minimum Gasteiger partial charge on any atom is -0.305 e. The molecule has 2 aromatic rings. The molecule has 0 saturated heterocycles. The number of benzene rings is 1. The van der Waals surface area contributed by atoms with Gasteiger partial charge in [-0.2, -0.15) is 0 Å². The quantitative estimate of drug-likeness (QED) is 0.797. The Morgan fingerprint density at radius 1 is 1.25 bits per heavy atom. The zero-order chi connectivity index (χ0) is 11.7. The fourth-order valence-electron chi connectivity index (χ4n) is 1.64. The number of nitrogens with zero attached hydrogens (tertiary/aromatic N) is 1. The van der Waals surface area contributed by atoms with Crippen LogP contribution in [0.25, 0.3) is 11.3 Å². The van der Waals surface area contributed by atoms with Crippen LogP contribution in [0.1, 0.15) is 11.1 Å². The van der Waals surface area contributed by atoms with E-state index in [9.17, 15) is 9.18 Å². The molecule has 0 aliphatic rings. The maximum absolute atomic E-state index is 13.2. The highest BCUT2D eigenvalue weighted by molar-refractivity contribution is 5.62. The summed E-state index contributed by atoms with van der Waals surface area (Å²) in [4.78, 5) is 17.3. The Morgan fingerprint density at radius 2 is 2.00 bits per heavy atom. The molecule has 2 rings (SSSR count). The maximum Gasteiger partial charge on any atom is 0.345 e. The average molecular weight is 218 g/mol. The highest BCUT2D eigenvalue weighted by atomic mass is 19.1. The molecule has 1 heterocycles. The van der Waals surface area contributed by atoms with Gasteiger partial charge in [0.1, 0.15) is 5.82 Å². The molecular weight excluding hydrogens is 207 g/mol. The molecule has 0 spiro atoms. The first-order valence-corrected chi connectivity index (χ1v) is 4.90.